The van der Waals surface area contributed by atoms with E-state index in [-0.39, 0.29) is 5.91 Å². The Hall–Kier alpha value is -0.870. The Bertz CT molecular complexity index is 172. The van der Waals surface area contributed by atoms with Crippen LogP contribution in [0.2, 0.25) is 0 Å². The van der Waals surface area contributed by atoms with Crippen LogP contribution in [0.5, 0.6) is 0 Å². The number of amides is 1. The highest BCUT2D eigenvalue weighted by atomic mass is 16.5. The maximum absolute atomic E-state index is 11.2. The van der Waals surface area contributed by atoms with Crippen LogP contribution >= 0.6 is 0 Å². The molecule has 0 aliphatic heterocycles. The van der Waals surface area contributed by atoms with Crippen molar-refractivity contribution in [2.24, 2.45) is 0 Å². The lowest BCUT2D eigenvalue weighted by Crippen LogP contribution is -2.30. The number of nitrogens with one attached hydrogen (secondary N) is 2. The fourth-order valence-corrected chi connectivity index (χ4v) is 1.08. The van der Waals surface area contributed by atoms with Gasteiger partial charge in [-0.3, -0.25) is 4.79 Å². The first-order chi connectivity index (χ1) is 7.31. The summed E-state index contributed by atoms with van der Waals surface area (Å²) in [5, 5.41) is 5.97. The molecule has 0 bridgehead atoms. The van der Waals surface area contributed by atoms with Gasteiger partial charge in [-0.2, -0.15) is 0 Å². The molecule has 0 saturated heterocycles. The van der Waals surface area contributed by atoms with E-state index in [1.165, 1.54) is 0 Å². The molecule has 0 aromatic rings. The van der Waals surface area contributed by atoms with Crippen LogP contribution in [-0.2, 0) is 9.53 Å². The quantitative estimate of drug-likeness (QED) is 0.415. The van der Waals surface area contributed by atoms with Gasteiger partial charge < -0.3 is 15.4 Å². The van der Waals surface area contributed by atoms with Crippen LogP contribution in [0, 0.1) is 0 Å². The van der Waals surface area contributed by atoms with E-state index in [0.29, 0.717) is 19.6 Å². The zero-order chi connectivity index (χ0) is 11.4. The second-order valence-electron chi connectivity index (χ2n) is 3.27. The standard InChI is InChI=1S/C11H22N2O2/c1-3-4-5-7-12-8-6-11(14)13-9-10-15-2/h3,12H,1,4-10H2,2H3,(H,13,14). The molecular weight excluding hydrogens is 192 g/mol. The number of methoxy groups -OCH3 is 1. The van der Waals surface area contributed by atoms with E-state index in [1.807, 2.05) is 6.08 Å². The molecule has 1 amide bonds. The van der Waals surface area contributed by atoms with Crippen LogP contribution < -0.4 is 10.6 Å². The Morgan fingerprint density at radius 1 is 1.40 bits per heavy atom. The van der Waals surface area contributed by atoms with Crippen LogP contribution in [0.15, 0.2) is 12.7 Å². The first-order valence-corrected chi connectivity index (χ1v) is 5.38. The Balaban J connectivity index is 3.13. The smallest absolute Gasteiger partial charge is 0.221 e. The summed E-state index contributed by atoms with van der Waals surface area (Å²) in [5.41, 5.74) is 0. The summed E-state index contributed by atoms with van der Waals surface area (Å²) in [4.78, 5) is 11.2. The van der Waals surface area contributed by atoms with E-state index >= 15 is 0 Å². The van der Waals surface area contributed by atoms with Gasteiger partial charge in [-0.15, -0.1) is 6.58 Å². The van der Waals surface area contributed by atoms with Crippen molar-refractivity contribution in [3.05, 3.63) is 12.7 Å². The summed E-state index contributed by atoms with van der Waals surface area (Å²) < 4.78 is 4.82. The largest absolute Gasteiger partial charge is 0.383 e. The summed E-state index contributed by atoms with van der Waals surface area (Å²) in [6, 6.07) is 0. The molecule has 0 unspecified atom stereocenters. The topological polar surface area (TPSA) is 50.4 Å². The molecule has 0 saturated carbocycles. The molecule has 0 spiro atoms. The lowest BCUT2D eigenvalue weighted by Gasteiger charge is -2.05. The van der Waals surface area contributed by atoms with Gasteiger partial charge in [-0.05, 0) is 19.4 Å². The number of hydrogen-bond acceptors (Lipinski definition) is 3. The minimum Gasteiger partial charge on any atom is -0.383 e. The molecule has 0 atom stereocenters. The highest BCUT2D eigenvalue weighted by molar-refractivity contribution is 5.75. The van der Waals surface area contributed by atoms with Gasteiger partial charge in [0.25, 0.3) is 0 Å². The minimum absolute atomic E-state index is 0.0725. The molecular formula is C11H22N2O2. The summed E-state index contributed by atoms with van der Waals surface area (Å²) in [6.45, 7) is 6.48. The molecule has 2 N–H and O–H groups in total. The molecule has 4 heteroatoms. The SMILES string of the molecule is C=CCCCNCCC(=O)NCCOC. The first kappa shape index (κ1) is 14.1. The van der Waals surface area contributed by atoms with E-state index < -0.39 is 0 Å². The van der Waals surface area contributed by atoms with Crippen molar-refractivity contribution in [2.45, 2.75) is 19.3 Å². The van der Waals surface area contributed by atoms with Crippen molar-refractivity contribution in [1.29, 1.82) is 0 Å². The van der Waals surface area contributed by atoms with Crippen LogP contribution in [0.1, 0.15) is 19.3 Å². The van der Waals surface area contributed by atoms with Crippen LogP contribution in [0.25, 0.3) is 0 Å². The van der Waals surface area contributed by atoms with Gasteiger partial charge in [0.05, 0.1) is 6.61 Å². The molecule has 0 radical (unpaired) electrons. The highest BCUT2D eigenvalue weighted by Crippen LogP contribution is 1.86. The summed E-state index contributed by atoms with van der Waals surface area (Å²) in [6.07, 6.45) is 4.53. The number of ether oxygens (including phenoxy) is 1. The number of unbranched alkanes of at least 4 members (excludes halogenated alkanes) is 1. The second-order valence-corrected chi connectivity index (χ2v) is 3.27. The van der Waals surface area contributed by atoms with Gasteiger partial charge >= 0.3 is 0 Å². The maximum Gasteiger partial charge on any atom is 0.221 e. The number of carbonyl (C=O) groups excluding carboxylic acids is 1. The average Bonchev–Trinajstić information content (AvgIpc) is 2.23. The third-order valence-electron chi connectivity index (χ3n) is 1.92. The molecule has 0 aliphatic rings. The number of carbonyl (C=O) groups is 1. The number of allylic oxidation sites excluding steroid dienone is 1. The fourth-order valence-electron chi connectivity index (χ4n) is 1.08. The van der Waals surface area contributed by atoms with E-state index in [4.69, 9.17) is 4.74 Å². The van der Waals surface area contributed by atoms with Crippen molar-refractivity contribution in [1.82, 2.24) is 10.6 Å². The lowest BCUT2D eigenvalue weighted by molar-refractivity contribution is -0.121. The van der Waals surface area contributed by atoms with E-state index in [9.17, 15) is 4.79 Å². The Morgan fingerprint density at radius 3 is 2.87 bits per heavy atom. The van der Waals surface area contributed by atoms with Crippen LogP contribution in [0.4, 0.5) is 0 Å². The van der Waals surface area contributed by atoms with Crippen molar-refractivity contribution >= 4 is 5.91 Å². The molecule has 0 heterocycles. The Labute approximate surface area is 92.1 Å². The summed E-state index contributed by atoms with van der Waals surface area (Å²) in [5.74, 6) is 0.0725. The lowest BCUT2D eigenvalue weighted by atomic mass is 10.3. The highest BCUT2D eigenvalue weighted by Gasteiger charge is 1.98. The van der Waals surface area contributed by atoms with Gasteiger partial charge in [0.15, 0.2) is 0 Å². The molecule has 88 valence electrons. The van der Waals surface area contributed by atoms with Crippen LogP contribution in [0.3, 0.4) is 0 Å². The monoisotopic (exact) mass is 214 g/mol. The predicted octanol–water partition coefficient (Wildman–Crippen LogP) is 0.695. The minimum atomic E-state index is 0.0725. The maximum atomic E-state index is 11.2. The summed E-state index contributed by atoms with van der Waals surface area (Å²) >= 11 is 0. The first-order valence-electron chi connectivity index (χ1n) is 5.38. The molecule has 0 fully saturated rings. The fraction of sp³-hybridized carbons (Fsp3) is 0.727. The number of hydrogen-bond donors (Lipinski definition) is 2. The molecule has 0 rings (SSSR count). The average molecular weight is 214 g/mol. The van der Waals surface area contributed by atoms with Gasteiger partial charge in [-0.1, -0.05) is 6.08 Å². The normalized spacial score (nSPS) is 9.93. The molecule has 15 heavy (non-hydrogen) atoms. The van der Waals surface area contributed by atoms with Crippen molar-refractivity contribution in [3.63, 3.8) is 0 Å². The Kier molecular flexibility index (Phi) is 10.6. The molecule has 0 aliphatic carbocycles. The Morgan fingerprint density at radius 2 is 2.20 bits per heavy atom. The van der Waals surface area contributed by atoms with Gasteiger partial charge in [0.1, 0.15) is 0 Å². The van der Waals surface area contributed by atoms with Gasteiger partial charge in [0.2, 0.25) is 5.91 Å². The van der Waals surface area contributed by atoms with E-state index in [1.54, 1.807) is 7.11 Å². The molecule has 0 aromatic carbocycles. The van der Waals surface area contributed by atoms with Gasteiger partial charge in [0, 0.05) is 26.6 Å². The predicted molar refractivity (Wildman–Crippen MR) is 61.8 cm³/mol. The molecule has 0 aromatic heterocycles. The van der Waals surface area contributed by atoms with E-state index in [0.717, 1.165) is 25.9 Å². The number of rotatable bonds is 10. The molecule has 4 nitrogen and oxygen atoms in total. The second kappa shape index (κ2) is 11.2. The van der Waals surface area contributed by atoms with Crippen molar-refractivity contribution in [3.8, 4) is 0 Å². The van der Waals surface area contributed by atoms with Crippen LogP contribution in [-0.4, -0.2) is 39.3 Å². The van der Waals surface area contributed by atoms with Gasteiger partial charge in [-0.25, -0.2) is 0 Å². The van der Waals surface area contributed by atoms with E-state index in [2.05, 4.69) is 17.2 Å². The zero-order valence-electron chi connectivity index (χ0n) is 9.55. The summed E-state index contributed by atoms with van der Waals surface area (Å²) in [7, 11) is 1.62. The van der Waals surface area contributed by atoms with Crippen molar-refractivity contribution in [2.75, 3.05) is 33.4 Å². The van der Waals surface area contributed by atoms with Crippen molar-refractivity contribution < 1.29 is 9.53 Å². The third kappa shape index (κ3) is 11.1. The zero-order valence-corrected chi connectivity index (χ0v) is 9.55. The third-order valence-corrected chi connectivity index (χ3v) is 1.92.